The van der Waals surface area contributed by atoms with E-state index in [-0.39, 0.29) is 24.2 Å². The quantitative estimate of drug-likeness (QED) is 0.515. The Morgan fingerprint density at radius 2 is 2.11 bits per heavy atom. The number of nitrogens with zero attached hydrogens (tertiary/aromatic N) is 6. The molecule has 2 saturated heterocycles. The first-order chi connectivity index (χ1) is 17.7. The van der Waals surface area contributed by atoms with Gasteiger partial charge in [0.1, 0.15) is 11.4 Å². The third-order valence-electron chi connectivity index (χ3n) is 7.98. The number of urea groups is 1. The van der Waals surface area contributed by atoms with Gasteiger partial charge >= 0.3 is 6.03 Å². The molecule has 0 unspecified atom stereocenters. The Morgan fingerprint density at radius 1 is 1.32 bits per heavy atom. The van der Waals surface area contributed by atoms with Crippen LogP contribution in [0.2, 0.25) is 0 Å². The van der Waals surface area contributed by atoms with Crippen molar-refractivity contribution in [3.8, 4) is 11.4 Å². The molecule has 3 aromatic rings. The lowest BCUT2D eigenvalue weighted by atomic mass is 9.91. The zero-order valence-corrected chi connectivity index (χ0v) is 21.9. The number of anilines is 2. The maximum atomic E-state index is 14.7. The molecule has 6 rings (SSSR count). The van der Waals surface area contributed by atoms with Gasteiger partial charge < -0.3 is 19.9 Å². The summed E-state index contributed by atoms with van der Waals surface area (Å²) in [6, 6.07) is 1.80. The van der Waals surface area contributed by atoms with Crippen molar-refractivity contribution in [3.05, 3.63) is 18.5 Å². The Morgan fingerprint density at radius 3 is 2.81 bits per heavy atom. The predicted molar refractivity (Wildman–Crippen MR) is 139 cm³/mol. The molecule has 5 heterocycles. The van der Waals surface area contributed by atoms with Crippen LogP contribution in [-0.4, -0.2) is 79.9 Å². The monoisotopic (exact) mass is 510 g/mol. The van der Waals surface area contributed by atoms with Crippen molar-refractivity contribution in [2.45, 2.75) is 70.3 Å². The van der Waals surface area contributed by atoms with E-state index in [1.807, 2.05) is 11.0 Å². The fraction of sp³-hybridized carbons (Fsp3) is 0.615. The molecule has 1 saturated carbocycles. The van der Waals surface area contributed by atoms with Crippen molar-refractivity contribution in [1.82, 2.24) is 29.9 Å². The van der Waals surface area contributed by atoms with Gasteiger partial charge in [0.05, 0.1) is 41.1 Å². The number of H-pyrrole nitrogens is 1. The number of amides is 2. The number of halogens is 1. The Kier molecular flexibility index (Phi) is 5.66. The number of rotatable bonds is 6. The van der Waals surface area contributed by atoms with Crippen LogP contribution in [0.4, 0.5) is 20.7 Å². The van der Waals surface area contributed by atoms with Crippen molar-refractivity contribution >= 4 is 28.4 Å². The molecule has 0 radical (unpaired) electrons. The average molecular weight is 511 g/mol. The molecule has 0 bridgehead atoms. The minimum absolute atomic E-state index is 0.0174. The minimum Gasteiger partial charge on any atom is -0.378 e. The second-order valence-corrected chi connectivity index (χ2v) is 11.6. The van der Waals surface area contributed by atoms with Gasteiger partial charge in [0.15, 0.2) is 5.82 Å². The average Bonchev–Trinajstić information content (AvgIpc) is 3.25. The number of methoxy groups -OCH3 is 1. The first-order valence-corrected chi connectivity index (χ1v) is 13.1. The van der Waals surface area contributed by atoms with Gasteiger partial charge in [-0.25, -0.2) is 9.18 Å². The van der Waals surface area contributed by atoms with Gasteiger partial charge in [-0.15, -0.1) is 0 Å². The SMILES string of the molecule is COC1CN(c2nn(CC(C)(C)F)c3cc(-c4[nH]ncc4NC(=O)N4CC[C@@H](C)CC45CC5)ncc23)C1. The van der Waals surface area contributed by atoms with E-state index < -0.39 is 5.67 Å². The van der Waals surface area contributed by atoms with E-state index in [0.29, 0.717) is 23.0 Å². The number of hydrogen-bond donors (Lipinski definition) is 2. The summed E-state index contributed by atoms with van der Waals surface area (Å²) in [5.74, 6) is 1.42. The van der Waals surface area contributed by atoms with Gasteiger partial charge in [-0.05, 0) is 51.5 Å². The summed E-state index contributed by atoms with van der Waals surface area (Å²) in [6.45, 7) is 7.70. The number of hydrogen-bond acceptors (Lipinski definition) is 6. The number of alkyl halides is 1. The topological polar surface area (TPSA) is 104 Å². The van der Waals surface area contributed by atoms with Gasteiger partial charge in [0.25, 0.3) is 0 Å². The highest BCUT2D eigenvalue weighted by Crippen LogP contribution is 2.50. The Labute approximate surface area is 215 Å². The molecule has 1 aliphatic carbocycles. The van der Waals surface area contributed by atoms with E-state index in [4.69, 9.17) is 9.84 Å². The normalized spacial score (nSPS) is 21.5. The molecule has 0 aromatic carbocycles. The number of pyridine rings is 1. The van der Waals surface area contributed by atoms with Crippen LogP contribution in [0, 0.1) is 5.92 Å². The van der Waals surface area contributed by atoms with Crippen LogP contribution in [-0.2, 0) is 11.3 Å². The molecule has 3 aromatic heterocycles. The Balaban J connectivity index is 1.30. The van der Waals surface area contributed by atoms with Gasteiger partial charge in [-0.1, -0.05) is 6.92 Å². The summed E-state index contributed by atoms with van der Waals surface area (Å²) >= 11 is 0. The number of likely N-dealkylation sites (tertiary alicyclic amines) is 1. The van der Waals surface area contributed by atoms with Crippen LogP contribution in [0.5, 0.6) is 0 Å². The second kappa shape index (κ2) is 8.68. The lowest BCUT2D eigenvalue weighted by Gasteiger charge is -2.39. The summed E-state index contributed by atoms with van der Waals surface area (Å²) in [5, 5.41) is 15.9. The predicted octanol–water partition coefficient (Wildman–Crippen LogP) is 4.20. The molecular formula is C26H35FN8O2. The fourth-order valence-electron chi connectivity index (χ4n) is 5.80. The maximum Gasteiger partial charge on any atom is 0.322 e. The second-order valence-electron chi connectivity index (χ2n) is 11.6. The molecule has 37 heavy (non-hydrogen) atoms. The molecule has 10 nitrogen and oxygen atoms in total. The molecule has 1 spiro atoms. The van der Waals surface area contributed by atoms with Gasteiger partial charge in [-0.2, -0.15) is 10.2 Å². The van der Waals surface area contributed by atoms with Crippen molar-refractivity contribution in [1.29, 1.82) is 0 Å². The number of piperidine rings is 1. The highest BCUT2D eigenvalue weighted by molar-refractivity contribution is 5.96. The lowest BCUT2D eigenvalue weighted by molar-refractivity contribution is 0.0783. The van der Waals surface area contributed by atoms with E-state index in [1.54, 1.807) is 38.0 Å². The summed E-state index contributed by atoms with van der Waals surface area (Å²) in [4.78, 5) is 22.1. The third-order valence-corrected chi connectivity index (χ3v) is 7.98. The van der Waals surface area contributed by atoms with Crippen molar-refractivity contribution < 1.29 is 13.9 Å². The van der Waals surface area contributed by atoms with Gasteiger partial charge in [-0.3, -0.25) is 14.8 Å². The number of fused-ring (bicyclic) bond motifs is 1. The number of carbonyl (C=O) groups is 1. The fourth-order valence-corrected chi connectivity index (χ4v) is 5.80. The largest absolute Gasteiger partial charge is 0.378 e. The molecule has 11 heteroatoms. The maximum absolute atomic E-state index is 14.7. The minimum atomic E-state index is -1.44. The van der Waals surface area contributed by atoms with Crippen LogP contribution in [0.25, 0.3) is 22.3 Å². The van der Waals surface area contributed by atoms with Crippen molar-refractivity contribution in [2.75, 3.05) is 37.0 Å². The van der Waals surface area contributed by atoms with Crippen molar-refractivity contribution in [2.24, 2.45) is 5.92 Å². The van der Waals surface area contributed by atoms with Crippen molar-refractivity contribution in [3.63, 3.8) is 0 Å². The van der Waals surface area contributed by atoms with E-state index in [0.717, 1.165) is 62.0 Å². The molecule has 198 valence electrons. The zero-order chi connectivity index (χ0) is 25.9. The number of carbonyl (C=O) groups excluding carboxylic acids is 1. The summed E-state index contributed by atoms with van der Waals surface area (Å²) in [7, 11) is 1.70. The number of nitrogens with one attached hydrogen (secondary N) is 2. The molecule has 2 aliphatic heterocycles. The van der Waals surface area contributed by atoms with Gasteiger partial charge in [0, 0.05) is 38.5 Å². The van der Waals surface area contributed by atoms with Crippen LogP contribution in [0.3, 0.4) is 0 Å². The molecule has 3 fully saturated rings. The van der Waals surface area contributed by atoms with Crippen LogP contribution in [0.1, 0.15) is 46.5 Å². The summed E-state index contributed by atoms with van der Waals surface area (Å²) in [5.41, 5.74) is 1.15. The highest BCUT2D eigenvalue weighted by atomic mass is 19.1. The Hall–Kier alpha value is -3.21. The molecule has 3 aliphatic rings. The molecule has 1 atom stereocenters. The smallest absolute Gasteiger partial charge is 0.322 e. The number of aromatic nitrogens is 5. The standard InChI is InChI=1S/C26H35FN8O2/c1-16-5-8-34(26(10-16)6-7-26)24(36)30-20-12-29-31-22(20)19-9-21-18(11-28-19)23(33-13-17(14-33)37-4)32-35(21)15-25(2,3)27/h9,11-12,16-17H,5-8,10,13-15H2,1-4H3,(H,29,31)(H,30,36)/t16-/m1/s1. The van der Waals surface area contributed by atoms with E-state index in [2.05, 4.69) is 32.3 Å². The number of aromatic amines is 1. The van der Waals surface area contributed by atoms with Crippen LogP contribution in [0.15, 0.2) is 18.5 Å². The summed E-state index contributed by atoms with van der Waals surface area (Å²) < 4.78 is 21.8. The third kappa shape index (κ3) is 4.43. The Bertz CT molecular complexity index is 1320. The van der Waals surface area contributed by atoms with Crippen LogP contribution >= 0.6 is 0 Å². The molecule has 2 N–H and O–H groups in total. The number of ether oxygens (including phenoxy) is 1. The molecule has 2 amide bonds. The highest BCUT2D eigenvalue weighted by Gasteiger charge is 2.52. The van der Waals surface area contributed by atoms with E-state index in [1.165, 1.54) is 0 Å². The first kappa shape index (κ1) is 24.1. The molecular weight excluding hydrogens is 475 g/mol. The van der Waals surface area contributed by atoms with E-state index in [9.17, 15) is 9.18 Å². The van der Waals surface area contributed by atoms with E-state index >= 15 is 0 Å². The zero-order valence-electron chi connectivity index (χ0n) is 21.9. The summed E-state index contributed by atoms with van der Waals surface area (Å²) in [6.07, 6.45) is 7.78. The van der Waals surface area contributed by atoms with Gasteiger partial charge in [0.2, 0.25) is 0 Å². The first-order valence-electron chi connectivity index (χ1n) is 13.1. The van der Waals surface area contributed by atoms with Crippen LogP contribution < -0.4 is 10.2 Å². The lowest BCUT2D eigenvalue weighted by Crippen LogP contribution is -2.52.